The van der Waals surface area contributed by atoms with Gasteiger partial charge >= 0.3 is 0 Å². The van der Waals surface area contributed by atoms with Crippen molar-refractivity contribution in [2.45, 2.75) is 24.5 Å². The highest BCUT2D eigenvalue weighted by Gasteiger charge is 2.54. The molecule has 0 aromatic heterocycles. The van der Waals surface area contributed by atoms with Crippen LogP contribution < -0.4 is 15.6 Å². The first kappa shape index (κ1) is 28.2. The smallest absolute Gasteiger partial charge is 0.266 e. The first-order chi connectivity index (χ1) is 18.5. The number of amides is 1. The van der Waals surface area contributed by atoms with Crippen LogP contribution in [0.1, 0.15) is 29.2 Å². The summed E-state index contributed by atoms with van der Waals surface area (Å²) in [5, 5.41) is 8.98. The fourth-order valence-corrected chi connectivity index (χ4v) is 5.10. The van der Waals surface area contributed by atoms with Crippen LogP contribution in [0.25, 0.3) is 0 Å². The molecule has 0 aliphatic carbocycles. The van der Waals surface area contributed by atoms with E-state index in [1.807, 2.05) is 60.7 Å². The lowest BCUT2D eigenvalue weighted by Gasteiger charge is -2.31. The van der Waals surface area contributed by atoms with E-state index in [0.29, 0.717) is 30.2 Å². The van der Waals surface area contributed by atoms with Gasteiger partial charge in [-0.15, -0.1) is 0 Å². The fourth-order valence-electron chi connectivity index (χ4n) is 4.18. The number of hydrogen-bond acceptors (Lipinski definition) is 6. The summed E-state index contributed by atoms with van der Waals surface area (Å²) >= 11 is 7.22. The van der Waals surface area contributed by atoms with Crippen LogP contribution >= 0.6 is 31.9 Å². The van der Waals surface area contributed by atoms with E-state index in [9.17, 15) is 9.18 Å². The zero-order chi connectivity index (χ0) is 27.0. The molecule has 0 spiro atoms. The topological polar surface area (TPSA) is 92.2 Å². The predicted molar refractivity (Wildman–Crippen MR) is 151 cm³/mol. The van der Waals surface area contributed by atoms with Crippen molar-refractivity contribution in [2.24, 2.45) is 4.99 Å². The summed E-state index contributed by atoms with van der Waals surface area (Å²) in [4.78, 5) is 18.8. The van der Waals surface area contributed by atoms with Crippen molar-refractivity contribution in [1.82, 2.24) is 10.9 Å². The van der Waals surface area contributed by atoms with Gasteiger partial charge in [0.2, 0.25) is 5.90 Å². The summed E-state index contributed by atoms with van der Waals surface area (Å²) in [6.45, 7) is -0.214. The normalized spacial score (nSPS) is 18.5. The Labute approximate surface area is 237 Å². The van der Waals surface area contributed by atoms with Crippen LogP contribution in [0, 0.1) is 0 Å². The summed E-state index contributed by atoms with van der Waals surface area (Å²) in [6.07, 6.45) is -0.0307. The second kappa shape index (κ2) is 13.3. The van der Waals surface area contributed by atoms with Gasteiger partial charge in [0.25, 0.3) is 5.91 Å². The van der Waals surface area contributed by atoms with Crippen LogP contribution in [0.4, 0.5) is 4.39 Å². The molecule has 7 nitrogen and oxygen atoms in total. The number of aliphatic imine (C=N–C) groups is 1. The molecule has 38 heavy (non-hydrogen) atoms. The molecule has 4 rings (SSSR count). The summed E-state index contributed by atoms with van der Waals surface area (Å²) in [5.74, 6) is 0.512. The maximum Gasteiger partial charge on any atom is 0.266 e. The molecular formula is C28H28Br2FN3O4. The maximum atomic E-state index is 13.9. The van der Waals surface area contributed by atoms with E-state index in [0.717, 1.165) is 20.1 Å². The lowest BCUT2D eigenvalue weighted by Crippen LogP contribution is -2.54. The number of halogens is 3. The second-order valence-corrected chi connectivity index (χ2v) is 10.4. The molecule has 0 radical (unpaired) electrons. The van der Waals surface area contributed by atoms with E-state index in [2.05, 4.69) is 42.7 Å². The van der Waals surface area contributed by atoms with Crippen molar-refractivity contribution in [2.75, 3.05) is 26.4 Å². The van der Waals surface area contributed by atoms with Crippen molar-refractivity contribution in [3.63, 3.8) is 0 Å². The molecule has 0 unspecified atom stereocenters. The van der Waals surface area contributed by atoms with Crippen LogP contribution in [-0.2, 0) is 16.0 Å². The van der Waals surface area contributed by atoms with Crippen LogP contribution in [0.15, 0.2) is 86.7 Å². The zero-order valence-electron chi connectivity index (χ0n) is 20.5. The Morgan fingerprint density at radius 1 is 1.05 bits per heavy atom. The molecule has 3 aromatic carbocycles. The Morgan fingerprint density at radius 2 is 1.76 bits per heavy atom. The molecule has 0 fully saturated rings. The number of ether oxygens (including phenoxy) is 2. The van der Waals surface area contributed by atoms with E-state index in [-0.39, 0.29) is 19.6 Å². The quantitative estimate of drug-likeness (QED) is 0.189. The van der Waals surface area contributed by atoms with Crippen molar-refractivity contribution < 1.29 is 23.8 Å². The number of hydrazine groups is 1. The second-order valence-electron chi connectivity index (χ2n) is 8.65. The minimum Gasteiger partial charge on any atom is -0.494 e. The third-order valence-corrected chi connectivity index (χ3v) is 7.55. The van der Waals surface area contributed by atoms with Crippen molar-refractivity contribution in [3.05, 3.63) is 98.4 Å². The summed E-state index contributed by atoms with van der Waals surface area (Å²) in [5.41, 5.74) is 6.18. The molecule has 3 aromatic rings. The van der Waals surface area contributed by atoms with E-state index in [4.69, 9.17) is 19.6 Å². The highest BCUT2D eigenvalue weighted by atomic mass is 79.9. The minimum atomic E-state index is -1.41. The molecule has 200 valence electrons. The third-order valence-electron chi connectivity index (χ3n) is 6.06. The van der Waals surface area contributed by atoms with E-state index >= 15 is 0 Å². The van der Waals surface area contributed by atoms with Gasteiger partial charge in [0.05, 0.1) is 6.61 Å². The highest BCUT2D eigenvalue weighted by Crippen LogP contribution is 2.45. The van der Waals surface area contributed by atoms with E-state index in [1.54, 1.807) is 12.1 Å². The molecule has 3 N–H and O–H groups in total. The van der Waals surface area contributed by atoms with Crippen LogP contribution in [0.3, 0.4) is 0 Å². The first-order valence-electron chi connectivity index (χ1n) is 12.2. The number of benzene rings is 3. The van der Waals surface area contributed by atoms with Gasteiger partial charge in [-0.25, -0.2) is 14.8 Å². The van der Waals surface area contributed by atoms with Crippen LogP contribution in [0.2, 0.25) is 0 Å². The third kappa shape index (κ3) is 6.43. The Morgan fingerprint density at radius 3 is 2.45 bits per heavy atom. The molecule has 0 saturated heterocycles. The van der Waals surface area contributed by atoms with E-state index in [1.165, 1.54) is 0 Å². The molecule has 1 aliphatic heterocycles. The number of aliphatic hydroxyl groups excluding tert-OH is 1. The molecule has 0 saturated carbocycles. The standard InChI is InChI=1S/C28H28Br2FN3O4/c29-23-8-3-1-6-20(23)18-28(27(36)34-32-15-14-31)25(22-7-2-4-9-24(22)30)38-26(33-28)19-10-12-21(13-11-19)37-17-5-16-35/h1-4,6-13,25,32,35H,5,14-18H2,(H,34,36)/t25-,28-/m0/s1. The minimum absolute atomic E-state index is 0.0360. The number of hydrogen-bond donors (Lipinski definition) is 3. The monoisotopic (exact) mass is 647 g/mol. The van der Waals surface area contributed by atoms with Gasteiger partial charge in [0.1, 0.15) is 12.4 Å². The van der Waals surface area contributed by atoms with Crippen molar-refractivity contribution in [3.8, 4) is 5.75 Å². The van der Waals surface area contributed by atoms with E-state index < -0.39 is 24.2 Å². The van der Waals surface area contributed by atoms with Crippen molar-refractivity contribution >= 4 is 43.7 Å². The number of nitrogens with one attached hydrogen (secondary N) is 2. The summed E-state index contributed by atoms with van der Waals surface area (Å²) < 4.78 is 26.6. The molecule has 1 aliphatic rings. The fraction of sp³-hybridized carbons (Fsp3) is 0.286. The average molecular weight is 649 g/mol. The SMILES string of the molecule is O=C(NNCCF)[C@@]1(Cc2ccccc2Br)N=C(c2ccc(OCCCO)cc2)O[C@H]1c1ccccc1Br. The van der Waals surface area contributed by atoms with Gasteiger partial charge in [0, 0.05) is 46.1 Å². The predicted octanol–water partition coefficient (Wildman–Crippen LogP) is 5.06. The Bertz CT molecular complexity index is 1270. The summed E-state index contributed by atoms with van der Waals surface area (Å²) in [6, 6.07) is 22.4. The Balaban J connectivity index is 1.78. The molecular weight excluding hydrogens is 621 g/mol. The largest absolute Gasteiger partial charge is 0.494 e. The lowest BCUT2D eigenvalue weighted by molar-refractivity contribution is -0.130. The maximum absolute atomic E-state index is 13.9. The number of carbonyl (C=O) groups excluding carboxylic acids is 1. The van der Waals surface area contributed by atoms with Crippen LogP contribution in [-0.4, -0.2) is 48.9 Å². The first-order valence-corrected chi connectivity index (χ1v) is 13.7. The highest BCUT2D eigenvalue weighted by molar-refractivity contribution is 9.10. The molecule has 2 atom stereocenters. The van der Waals surface area contributed by atoms with Gasteiger partial charge in [-0.2, -0.15) is 0 Å². The van der Waals surface area contributed by atoms with Gasteiger partial charge in [0.15, 0.2) is 11.6 Å². The molecule has 0 bridgehead atoms. The van der Waals surface area contributed by atoms with Gasteiger partial charge < -0.3 is 14.6 Å². The van der Waals surface area contributed by atoms with Crippen molar-refractivity contribution in [1.29, 1.82) is 0 Å². The average Bonchev–Trinajstić information content (AvgIpc) is 3.31. The molecule has 1 heterocycles. The number of nitrogens with zero attached hydrogens (tertiary/aromatic N) is 1. The Hall–Kier alpha value is -2.79. The summed E-state index contributed by atoms with van der Waals surface area (Å²) in [7, 11) is 0. The van der Waals surface area contributed by atoms with Gasteiger partial charge in [-0.1, -0.05) is 68.3 Å². The molecule has 1 amide bonds. The Kier molecular flexibility index (Phi) is 9.90. The number of carbonyl (C=O) groups is 1. The van der Waals surface area contributed by atoms with Crippen LogP contribution in [0.5, 0.6) is 5.75 Å². The molecule has 10 heteroatoms. The number of alkyl halides is 1. The number of aliphatic hydroxyl groups is 1. The lowest BCUT2D eigenvalue weighted by atomic mass is 9.82. The van der Waals surface area contributed by atoms with Gasteiger partial charge in [-0.05, 0) is 42.0 Å². The van der Waals surface area contributed by atoms with Gasteiger partial charge in [-0.3, -0.25) is 10.2 Å². The number of rotatable bonds is 12. The zero-order valence-corrected chi connectivity index (χ0v) is 23.7.